The molecule has 2 N–H and O–H groups in total. The van der Waals surface area contributed by atoms with Crippen molar-refractivity contribution in [1.82, 2.24) is 9.97 Å². The molecule has 1 saturated heterocycles. The number of benzene rings is 2. The van der Waals surface area contributed by atoms with Crippen LogP contribution in [0.5, 0.6) is 5.75 Å². The summed E-state index contributed by atoms with van der Waals surface area (Å²) in [7, 11) is 0. The van der Waals surface area contributed by atoms with Crippen molar-refractivity contribution in [2.24, 2.45) is 0 Å². The number of rotatable bonds is 6. The fraction of sp³-hybridized carbons (Fsp3) is 0.148. The number of carboxylic acids is 1. The van der Waals surface area contributed by atoms with E-state index in [0.29, 0.717) is 27.2 Å². The Hall–Kier alpha value is -4.57. The molecular formula is C27H21N3O6S. The molecule has 9 nitrogen and oxygen atoms in total. The fourth-order valence-electron chi connectivity index (χ4n) is 4.14. The number of Topliss-reactive ketones (excluding diaryl/α,β-unsaturated/α-hetero) is 1. The van der Waals surface area contributed by atoms with Crippen molar-refractivity contribution in [1.29, 1.82) is 0 Å². The maximum absolute atomic E-state index is 13.4. The van der Waals surface area contributed by atoms with Crippen molar-refractivity contribution in [2.75, 3.05) is 4.90 Å². The lowest BCUT2D eigenvalue weighted by molar-refractivity contribution is -0.132. The molecule has 2 aromatic carbocycles. The number of hydrogen-bond donors (Lipinski definition) is 2. The topological polar surface area (TPSA) is 130 Å². The largest absolute Gasteiger partial charge is 0.507 e. The van der Waals surface area contributed by atoms with Gasteiger partial charge in [-0.2, -0.15) is 0 Å². The number of thiazole rings is 1. The average molecular weight is 516 g/mol. The molecular weight excluding hydrogens is 494 g/mol. The van der Waals surface area contributed by atoms with Crippen molar-refractivity contribution in [2.45, 2.75) is 26.0 Å². The maximum Gasteiger partial charge on any atom is 0.335 e. The van der Waals surface area contributed by atoms with E-state index in [1.165, 1.54) is 23.2 Å². The van der Waals surface area contributed by atoms with Crippen LogP contribution in [0, 0.1) is 0 Å². The lowest BCUT2D eigenvalue weighted by Crippen LogP contribution is -2.29. The Bertz CT molecular complexity index is 1580. The molecule has 10 heteroatoms. The highest BCUT2D eigenvalue weighted by Crippen LogP contribution is 2.44. The van der Waals surface area contributed by atoms with Gasteiger partial charge in [0.2, 0.25) is 0 Å². The van der Waals surface area contributed by atoms with Gasteiger partial charge < -0.3 is 14.9 Å². The average Bonchev–Trinajstić information content (AvgIpc) is 3.41. The van der Waals surface area contributed by atoms with Gasteiger partial charge in [-0.1, -0.05) is 29.5 Å². The number of carbonyl (C=O) groups excluding carboxylic acids is 2. The second kappa shape index (κ2) is 9.47. The molecule has 186 valence electrons. The van der Waals surface area contributed by atoms with Crippen LogP contribution in [0.25, 0.3) is 16.0 Å². The molecule has 0 bridgehead atoms. The van der Waals surface area contributed by atoms with E-state index in [2.05, 4.69) is 9.97 Å². The van der Waals surface area contributed by atoms with Gasteiger partial charge in [0.1, 0.15) is 17.6 Å². The number of aromatic nitrogens is 2. The van der Waals surface area contributed by atoms with E-state index in [4.69, 9.17) is 4.74 Å². The predicted molar refractivity (Wildman–Crippen MR) is 138 cm³/mol. The third kappa shape index (κ3) is 4.43. The highest BCUT2D eigenvalue weighted by Gasteiger charge is 2.48. The molecule has 0 aliphatic carbocycles. The van der Waals surface area contributed by atoms with Crippen LogP contribution in [0.15, 0.2) is 72.4 Å². The zero-order valence-corrected chi connectivity index (χ0v) is 20.6. The number of fused-ring (bicyclic) bond motifs is 1. The highest BCUT2D eigenvalue weighted by atomic mass is 32.1. The molecule has 0 spiro atoms. The van der Waals surface area contributed by atoms with E-state index in [1.54, 1.807) is 48.5 Å². The Balaban J connectivity index is 1.67. The van der Waals surface area contributed by atoms with Gasteiger partial charge in [0.05, 0.1) is 33.2 Å². The van der Waals surface area contributed by atoms with Gasteiger partial charge in [-0.3, -0.25) is 19.5 Å². The second-order valence-corrected chi connectivity index (χ2v) is 9.61. The number of nitrogens with zero attached hydrogens (tertiary/aromatic N) is 3. The third-order valence-corrected chi connectivity index (χ3v) is 6.74. The summed E-state index contributed by atoms with van der Waals surface area (Å²) in [5.74, 6) is -2.70. The minimum atomic E-state index is -1.09. The standard InChI is InChI=1S/C27H21N3O6S/c1-14(2)36-17-7-5-6-15(12-17)23(31)21-22(19-8-3-4-11-28-19)30(25(33)24(21)32)27-29-18-10-9-16(26(34)35)13-20(18)37-27/h3-14,22,31H,1-2H3,(H,34,35)/b23-21+. The number of hydrogen-bond acceptors (Lipinski definition) is 8. The molecule has 1 aliphatic rings. The zero-order valence-electron chi connectivity index (χ0n) is 19.8. The van der Waals surface area contributed by atoms with E-state index in [0.717, 1.165) is 11.3 Å². The first-order valence-electron chi connectivity index (χ1n) is 11.4. The lowest BCUT2D eigenvalue weighted by Gasteiger charge is -2.22. The first-order chi connectivity index (χ1) is 17.7. The molecule has 0 radical (unpaired) electrons. The number of pyridine rings is 1. The van der Waals surface area contributed by atoms with Crippen LogP contribution in [0.1, 0.15) is 41.5 Å². The minimum absolute atomic E-state index is 0.0783. The maximum atomic E-state index is 13.4. The van der Waals surface area contributed by atoms with Crippen LogP contribution >= 0.6 is 11.3 Å². The Morgan fingerprint density at radius 3 is 2.54 bits per heavy atom. The molecule has 5 rings (SSSR count). The summed E-state index contributed by atoms with van der Waals surface area (Å²) in [6, 6.07) is 15.1. The summed E-state index contributed by atoms with van der Waals surface area (Å²) >= 11 is 1.08. The van der Waals surface area contributed by atoms with Gasteiger partial charge >= 0.3 is 11.9 Å². The van der Waals surface area contributed by atoms with Gasteiger partial charge in [0.25, 0.3) is 5.78 Å². The van der Waals surface area contributed by atoms with Gasteiger partial charge in [-0.15, -0.1) is 0 Å². The van der Waals surface area contributed by atoms with Crippen molar-refractivity contribution < 1.29 is 29.3 Å². The minimum Gasteiger partial charge on any atom is -0.507 e. The molecule has 4 aromatic rings. The normalized spacial score (nSPS) is 17.1. The van der Waals surface area contributed by atoms with E-state index in [1.807, 2.05) is 13.8 Å². The zero-order chi connectivity index (χ0) is 26.3. The predicted octanol–water partition coefficient (Wildman–Crippen LogP) is 4.80. The Kier molecular flexibility index (Phi) is 6.18. The summed E-state index contributed by atoms with van der Waals surface area (Å²) in [6.45, 7) is 3.74. The fourth-order valence-corrected chi connectivity index (χ4v) is 5.17. The van der Waals surface area contributed by atoms with E-state index in [-0.39, 0.29) is 28.1 Å². The number of ketones is 1. The molecule has 1 atom stereocenters. The Morgan fingerprint density at radius 1 is 1.03 bits per heavy atom. The molecule has 37 heavy (non-hydrogen) atoms. The molecule has 0 saturated carbocycles. The molecule has 3 heterocycles. The molecule has 1 fully saturated rings. The molecule has 1 aliphatic heterocycles. The van der Waals surface area contributed by atoms with E-state index >= 15 is 0 Å². The van der Waals surface area contributed by atoms with Crippen LogP contribution in [-0.2, 0) is 9.59 Å². The first kappa shape index (κ1) is 24.1. The van der Waals surface area contributed by atoms with Gasteiger partial charge in [-0.05, 0) is 56.3 Å². The van der Waals surface area contributed by atoms with Crippen LogP contribution in [0.2, 0.25) is 0 Å². The van der Waals surface area contributed by atoms with Gasteiger partial charge in [-0.25, -0.2) is 9.78 Å². The number of ether oxygens (including phenoxy) is 1. The number of aliphatic hydroxyl groups excluding tert-OH is 1. The molecule has 1 unspecified atom stereocenters. The molecule has 1 amide bonds. The third-order valence-electron chi connectivity index (χ3n) is 5.72. The van der Waals surface area contributed by atoms with Crippen molar-refractivity contribution in [3.05, 3.63) is 89.3 Å². The number of carboxylic acid groups (broad SMARTS) is 1. The quantitative estimate of drug-likeness (QED) is 0.213. The number of amides is 1. The van der Waals surface area contributed by atoms with Crippen LogP contribution in [0.3, 0.4) is 0 Å². The van der Waals surface area contributed by atoms with Gasteiger partial charge in [0.15, 0.2) is 5.13 Å². The highest BCUT2D eigenvalue weighted by molar-refractivity contribution is 7.22. The van der Waals surface area contributed by atoms with Crippen molar-refractivity contribution >= 4 is 50.1 Å². The summed E-state index contributed by atoms with van der Waals surface area (Å²) in [6.07, 6.45) is 1.43. The van der Waals surface area contributed by atoms with Crippen molar-refractivity contribution in [3.63, 3.8) is 0 Å². The number of anilines is 1. The SMILES string of the molecule is CC(C)Oc1cccc(/C(O)=C2\C(=O)C(=O)N(c3nc4ccc(C(=O)O)cc4s3)C2c2ccccn2)c1. The molecule has 2 aromatic heterocycles. The van der Waals surface area contributed by atoms with Crippen LogP contribution < -0.4 is 9.64 Å². The van der Waals surface area contributed by atoms with E-state index in [9.17, 15) is 24.6 Å². The van der Waals surface area contributed by atoms with Crippen molar-refractivity contribution in [3.8, 4) is 5.75 Å². The first-order valence-corrected chi connectivity index (χ1v) is 12.2. The van der Waals surface area contributed by atoms with E-state index < -0.39 is 23.7 Å². The monoisotopic (exact) mass is 515 g/mol. The Labute approximate surface area is 215 Å². The van der Waals surface area contributed by atoms with Crippen LogP contribution in [0.4, 0.5) is 5.13 Å². The summed E-state index contributed by atoms with van der Waals surface area (Å²) in [4.78, 5) is 48.2. The smallest absolute Gasteiger partial charge is 0.335 e. The number of aliphatic hydroxyl groups is 1. The summed E-state index contributed by atoms with van der Waals surface area (Å²) in [5, 5.41) is 20.8. The van der Waals surface area contributed by atoms with Gasteiger partial charge in [0, 0.05) is 11.8 Å². The lowest BCUT2D eigenvalue weighted by atomic mass is 9.98. The Morgan fingerprint density at radius 2 is 1.84 bits per heavy atom. The summed E-state index contributed by atoms with van der Waals surface area (Å²) in [5.41, 5.74) is 1.10. The van der Waals surface area contributed by atoms with Crippen LogP contribution in [-0.4, -0.2) is 43.9 Å². The summed E-state index contributed by atoms with van der Waals surface area (Å²) < 4.78 is 6.26. The number of aromatic carboxylic acids is 1. The second-order valence-electron chi connectivity index (χ2n) is 8.60. The number of carbonyl (C=O) groups is 3.